The Morgan fingerprint density at radius 2 is 1.95 bits per heavy atom. The Morgan fingerprint density at radius 3 is 2.42 bits per heavy atom. The van der Waals surface area contributed by atoms with Crippen molar-refractivity contribution >= 4 is 29.4 Å². The summed E-state index contributed by atoms with van der Waals surface area (Å²) in [6.07, 6.45) is -2.43. The van der Waals surface area contributed by atoms with Crippen molar-refractivity contribution in [1.29, 1.82) is 0 Å². The van der Waals surface area contributed by atoms with Crippen LogP contribution in [0.1, 0.15) is 32.6 Å². The van der Waals surface area contributed by atoms with Crippen LogP contribution in [0.25, 0.3) is 0 Å². The van der Waals surface area contributed by atoms with E-state index in [1.807, 2.05) is 0 Å². The zero-order chi connectivity index (χ0) is 14.6. The molecule has 1 N–H and O–H groups in total. The van der Waals surface area contributed by atoms with Crippen LogP contribution < -0.4 is 0 Å². The van der Waals surface area contributed by atoms with Gasteiger partial charge in [-0.1, -0.05) is 0 Å². The Balaban J connectivity index is 2.40. The summed E-state index contributed by atoms with van der Waals surface area (Å²) in [7, 11) is 0. The number of ether oxygens (including phenoxy) is 1. The molecule has 0 aliphatic carbocycles. The number of nitrogens with zero attached hydrogens (tertiary/aromatic N) is 1. The van der Waals surface area contributed by atoms with Crippen molar-refractivity contribution in [3.05, 3.63) is 0 Å². The van der Waals surface area contributed by atoms with E-state index >= 15 is 0 Å². The number of Topliss-reactive ketones (excluding diaryl/α,β-unsaturated/α-hetero) is 2. The molecule has 0 aromatic heterocycles. The second kappa shape index (κ2) is 6.19. The molecular formula is C11H13NO7. The first-order valence-corrected chi connectivity index (χ1v) is 5.57. The number of hydroxylamine groups is 2. The number of imide groups is 1. The van der Waals surface area contributed by atoms with Crippen LogP contribution in [0.2, 0.25) is 0 Å². The Hall–Kier alpha value is -2.09. The van der Waals surface area contributed by atoms with Crippen molar-refractivity contribution < 1.29 is 33.9 Å². The molecule has 19 heavy (non-hydrogen) atoms. The number of hydrogen-bond acceptors (Lipinski definition) is 7. The lowest BCUT2D eigenvalue weighted by Crippen LogP contribution is -2.31. The maximum Gasteiger partial charge on any atom is 0.314 e. The monoisotopic (exact) mass is 271 g/mol. The van der Waals surface area contributed by atoms with Crippen LogP contribution in [0.5, 0.6) is 0 Å². The number of hydrogen-bond donors (Lipinski definition) is 1. The van der Waals surface area contributed by atoms with Gasteiger partial charge in [-0.05, 0) is 6.92 Å². The molecule has 1 fully saturated rings. The zero-order valence-electron chi connectivity index (χ0n) is 10.2. The number of carbonyl (C=O) groups excluding carboxylic acids is 5. The predicted octanol–water partition coefficient (Wildman–Crippen LogP) is -0.625. The van der Waals surface area contributed by atoms with E-state index in [2.05, 4.69) is 4.74 Å². The van der Waals surface area contributed by atoms with E-state index in [9.17, 15) is 24.0 Å². The van der Waals surface area contributed by atoms with Crippen LogP contribution in [-0.2, 0) is 28.7 Å². The maximum atomic E-state index is 11.3. The molecule has 1 aliphatic heterocycles. The van der Waals surface area contributed by atoms with E-state index in [-0.39, 0.29) is 23.7 Å². The molecule has 0 spiro atoms. The van der Waals surface area contributed by atoms with Gasteiger partial charge in [0.25, 0.3) is 11.8 Å². The van der Waals surface area contributed by atoms with Crippen LogP contribution in [-0.4, -0.2) is 45.7 Å². The summed E-state index contributed by atoms with van der Waals surface area (Å²) in [5, 5.41) is 8.80. The summed E-state index contributed by atoms with van der Waals surface area (Å²) in [6, 6.07) is 0. The second-order valence-electron chi connectivity index (χ2n) is 4.14. The lowest BCUT2D eigenvalue weighted by atomic mass is 10.1. The Kier molecular flexibility index (Phi) is 4.87. The lowest BCUT2D eigenvalue weighted by Gasteiger charge is -2.09. The van der Waals surface area contributed by atoms with Gasteiger partial charge in [0.1, 0.15) is 18.0 Å². The molecule has 0 aromatic carbocycles. The van der Waals surface area contributed by atoms with Gasteiger partial charge in [0.2, 0.25) is 0 Å². The van der Waals surface area contributed by atoms with E-state index in [1.54, 1.807) is 0 Å². The van der Waals surface area contributed by atoms with Crippen LogP contribution in [0.15, 0.2) is 0 Å². The molecule has 1 unspecified atom stereocenters. The van der Waals surface area contributed by atoms with Crippen LogP contribution >= 0.6 is 0 Å². The molecule has 104 valence electrons. The summed E-state index contributed by atoms with van der Waals surface area (Å²) in [5.41, 5.74) is 0. The largest absolute Gasteiger partial charge is 0.451 e. The minimum Gasteiger partial charge on any atom is -0.451 e. The fraction of sp³-hybridized carbons (Fsp3) is 0.545. The van der Waals surface area contributed by atoms with Crippen molar-refractivity contribution in [2.24, 2.45) is 0 Å². The highest BCUT2D eigenvalue weighted by atomic mass is 16.6. The molecular weight excluding hydrogens is 258 g/mol. The van der Waals surface area contributed by atoms with Gasteiger partial charge in [0.05, 0.1) is 6.42 Å². The number of esters is 1. The van der Waals surface area contributed by atoms with Crippen LogP contribution in [0.4, 0.5) is 0 Å². The van der Waals surface area contributed by atoms with Gasteiger partial charge in [-0.2, -0.15) is 5.06 Å². The SMILES string of the molecule is CC(=O)CCC(=O)CC(=O)OC1CC(=O)N(O)C1=O. The summed E-state index contributed by atoms with van der Waals surface area (Å²) in [6.45, 7) is 1.32. The summed E-state index contributed by atoms with van der Waals surface area (Å²) >= 11 is 0. The van der Waals surface area contributed by atoms with Gasteiger partial charge in [-0.15, -0.1) is 0 Å². The average molecular weight is 271 g/mol. The summed E-state index contributed by atoms with van der Waals surface area (Å²) < 4.78 is 4.63. The van der Waals surface area contributed by atoms with E-state index in [4.69, 9.17) is 5.21 Å². The van der Waals surface area contributed by atoms with Gasteiger partial charge in [0.15, 0.2) is 6.10 Å². The maximum absolute atomic E-state index is 11.3. The Morgan fingerprint density at radius 1 is 1.32 bits per heavy atom. The van der Waals surface area contributed by atoms with Crippen LogP contribution in [0, 0.1) is 0 Å². The second-order valence-corrected chi connectivity index (χ2v) is 4.14. The first kappa shape index (κ1) is 15.0. The van der Waals surface area contributed by atoms with Crippen molar-refractivity contribution in [2.75, 3.05) is 0 Å². The molecule has 1 aliphatic rings. The van der Waals surface area contributed by atoms with E-state index < -0.39 is 42.5 Å². The molecule has 0 aromatic rings. The highest BCUT2D eigenvalue weighted by Crippen LogP contribution is 2.14. The zero-order valence-corrected chi connectivity index (χ0v) is 10.2. The van der Waals surface area contributed by atoms with Crippen molar-refractivity contribution in [2.45, 2.75) is 38.7 Å². The highest BCUT2D eigenvalue weighted by molar-refractivity contribution is 6.05. The number of amides is 2. The Bertz CT molecular complexity index is 442. The normalized spacial score (nSPS) is 18.6. The molecule has 0 bridgehead atoms. The summed E-state index contributed by atoms with van der Waals surface area (Å²) in [4.78, 5) is 55.4. The van der Waals surface area contributed by atoms with Crippen molar-refractivity contribution in [3.63, 3.8) is 0 Å². The van der Waals surface area contributed by atoms with Gasteiger partial charge in [-0.3, -0.25) is 24.4 Å². The van der Waals surface area contributed by atoms with Crippen LogP contribution in [0.3, 0.4) is 0 Å². The van der Waals surface area contributed by atoms with Crippen molar-refractivity contribution in [3.8, 4) is 0 Å². The van der Waals surface area contributed by atoms with E-state index in [0.717, 1.165) is 0 Å². The average Bonchev–Trinajstić information content (AvgIpc) is 2.54. The van der Waals surface area contributed by atoms with Gasteiger partial charge < -0.3 is 9.53 Å². The van der Waals surface area contributed by atoms with Gasteiger partial charge in [-0.25, -0.2) is 0 Å². The molecule has 1 rings (SSSR count). The number of rotatable bonds is 6. The predicted molar refractivity (Wildman–Crippen MR) is 57.7 cm³/mol. The first-order valence-electron chi connectivity index (χ1n) is 5.57. The lowest BCUT2D eigenvalue weighted by molar-refractivity contribution is -0.176. The highest BCUT2D eigenvalue weighted by Gasteiger charge is 2.40. The third kappa shape index (κ3) is 4.25. The first-order chi connectivity index (χ1) is 8.81. The standard InChI is InChI=1S/C11H13NO7/c1-6(13)2-3-7(14)4-10(16)19-8-5-9(15)12(18)11(8)17/h8,18H,2-5H2,1H3. The minimum atomic E-state index is -1.38. The molecule has 1 atom stereocenters. The number of ketones is 2. The molecule has 2 amide bonds. The molecule has 0 radical (unpaired) electrons. The molecule has 1 heterocycles. The smallest absolute Gasteiger partial charge is 0.314 e. The fourth-order valence-corrected chi connectivity index (χ4v) is 1.45. The minimum absolute atomic E-state index is 0.0391. The topological polar surface area (TPSA) is 118 Å². The third-order valence-electron chi connectivity index (χ3n) is 2.45. The molecule has 1 saturated heterocycles. The molecule has 8 nitrogen and oxygen atoms in total. The number of carbonyl (C=O) groups is 5. The van der Waals surface area contributed by atoms with Gasteiger partial charge >= 0.3 is 5.97 Å². The summed E-state index contributed by atoms with van der Waals surface area (Å²) in [5.74, 6) is -3.53. The van der Waals surface area contributed by atoms with Crippen molar-refractivity contribution in [1.82, 2.24) is 5.06 Å². The van der Waals surface area contributed by atoms with E-state index in [1.165, 1.54) is 6.92 Å². The third-order valence-corrected chi connectivity index (χ3v) is 2.45. The Labute approximate surface area is 108 Å². The van der Waals surface area contributed by atoms with E-state index in [0.29, 0.717) is 0 Å². The fourth-order valence-electron chi connectivity index (χ4n) is 1.45. The van der Waals surface area contributed by atoms with Gasteiger partial charge in [0, 0.05) is 12.8 Å². The quantitative estimate of drug-likeness (QED) is 0.296. The molecule has 0 saturated carbocycles. The molecule has 8 heteroatoms.